The van der Waals surface area contributed by atoms with Gasteiger partial charge in [0.15, 0.2) is 0 Å². The molecule has 1 unspecified atom stereocenters. The predicted octanol–water partition coefficient (Wildman–Crippen LogP) is 4.29. The molecule has 0 spiro atoms. The van der Waals surface area contributed by atoms with Crippen molar-refractivity contribution < 1.29 is 36.2 Å². The molecule has 3 aromatic rings. The number of carboxylic acid groups (broad SMARTS) is 1. The van der Waals surface area contributed by atoms with Gasteiger partial charge >= 0.3 is 12.1 Å². The third kappa shape index (κ3) is 5.65. The van der Waals surface area contributed by atoms with Crippen LogP contribution in [0.2, 0.25) is 0 Å². The van der Waals surface area contributed by atoms with Crippen molar-refractivity contribution in [3.05, 3.63) is 64.0 Å². The molecule has 1 aliphatic carbocycles. The number of benzene rings is 1. The lowest BCUT2D eigenvalue weighted by Crippen LogP contribution is -2.31. The van der Waals surface area contributed by atoms with Gasteiger partial charge in [-0.1, -0.05) is 0 Å². The lowest BCUT2D eigenvalue weighted by Gasteiger charge is -2.24. The average Bonchev–Trinajstić information content (AvgIpc) is 3.18. The number of rotatable bonds is 7. The van der Waals surface area contributed by atoms with E-state index in [0.29, 0.717) is 30.5 Å². The summed E-state index contributed by atoms with van der Waals surface area (Å²) in [5.74, 6) is -0.986. The van der Waals surface area contributed by atoms with Crippen molar-refractivity contribution in [3.8, 4) is 11.6 Å². The second-order valence-corrected chi connectivity index (χ2v) is 10.3. The number of aromatic nitrogens is 3. The Bertz CT molecular complexity index is 1360. The van der Waals surface area contributed by atoms with Crippen LogP contribution in [0.4, 0.5) is 13.2 Å². The number of pyridine rings is 1. The van der Waals surface area contributed by atoms with Crippen LogP contribution in [0, 0.1) is 0 Å². The van der Waals surface area contributed by atoms with Crippen molar-refractivity contribution in [1.82, 2.24) is 19.5 Å². The molecule has 0 amide bonds. The number of hydrogen-bond donors (Lipinski definition) is 2. The molecule has 186 valence electrons. The summed E-state index contributed by atoms with van der Waals surface area (Å²) in [6.07, 6.45) is -0.190. The number of nitrogens with one attached hydrogen (secondary N) is 1. The molecule has 0 aliphatic heterocycles. The highest BCUT2D eigenvalue weighted by Gasteiger charge is 2.31. The van der Waals surface area contributed by atoms with Crippen LogP contribution in [-0.2, 0) is 34.0 Å². The Hall–Kier alpha value is -2.97. The number of carbonyl (C=O) groups is 1. The van der Waals surface area contributed by atoms with Gasteiger partial charge in [0, 0.05) is 11.3 Å². The molecule has 9 nitrogen and oxygen atoms in total. The maximum atomic E-state index is 13.0. The van der Waals surface area contributed by atoms with Crippen molar-refractivity contribution in [2.24, 2.45) is 0 Å². The standard InChI is InChI=1S/C21H18BrF3N4O5S/c22-16-8-14(9-26-20(16)34-13-6-4-12(5-7-13)21(23,24)25)35(32,33)28-17-2-1-3-18-15(17)10-27-29(18)11-19(30)31/h4-10,17,28H,1-3,11H2,(H,30,31). The fourth-order valence-corrected chi connectivity index (χ4v) is 5.52. The number of sulfonamides is 1. The summed E-state index contributed by atoms with van der Waals surface area (Å²) < 4.78 is 73.8. The first kappa shape index (κ1) is 25.1. The molecular formula is C21H18BrF3N4O5S. The van der Waals surface area contributed by atoms with Gasteiger partial charge in [-0.3, -0.25) is 9.48 Å². The van der Waals surface area contributed by atoms with Gasteiger partial charge in [-0.2, -0.15) is 18.3 Å². The molecule has 0 fully saturated rings. The SMILES string of the molecule is O=C(O)Cn1ncc2c1CCCC2NS(=O)(=O)c1cnc(Oc2ccc(C(F)(F)F)cc2)c(Br)c1. The van der Waals surface area contributed by atoms with Gasteiger partial charge in [-0.15, -0.1) is 0 Å². The Morgan fingerprint density at radius 3 is 2.60 bits per heavy atom. The van der Waals surface area contributed by atoms with E-state index in [-0.39, 0.29) is 27.5 Å². The van der Waals surface area contributed by atoms with Crippen LogP contribution in [0.15, 0.2) is 52.1 Å². The molecular weight excluding hydrogens is 557 g/mol. The third-order valence-electron chi connectivity index (χ3n) is 5.33. The first-order chi connectivity index (χ1) is 16.4. The van der Waals surface area contributed by atoms with Gasteiger partial charge in [0.25, 0.3) is 0 Å². The fourth-order valence-electron chi connectivity index (χ4n) is 3.71. The summed E-state index contributed by atoms with van der Waals surface area (Å²) in [5.41, 5.74) is 0.463. The fraction of sp³-hybridized carbons (Fsp3) is 0.286. The number of alkyl halides is 3. The van der Waals surface area contributed by atoms with E-state index in [1.54, 1.807) is 0 Å². The van der Waals surface area contributed by atoms with E-state index in [1.165, 1.54) is 16.9 Å². The van der Waals surface area contributed by atoms with E-state index in [4.69, 9.17) is 9.84 Å². The van der Waals surface area contributed by atoms with Gasteiger partial charge in [-0.25, -0.2) is 18.1 Å². The summed E-state index contributed by atoms with van der Waals surface area (Å²) in [5, 5.41) is 13.1. The van der Waals surface area contributed by atoms with Crippen molar-refractivity contribution in [2.45, 2.75) is 42.9 Å². The van der Waals surface area contributed by atoms with E-state index in [9.17, 15) is 26.4 Å². The van der Waals surface area contributed by atoms with E-state index < -0.39 is 33.8 Å². The Kier molecular flexibility index (Phi) is 6.88. The minimum atomic E-state index is -4.48. The van der Waals surface area contributed by atoms with Crippen molar-refractivity contribution in [3.63, 3.8) is 0 Å². The summed E-state index contributed by atoms with van der Waals surface area (Å²) in [4.78, 5) is 14.9. The third-order valence-corrected chi connectivity index (χ3v) is 7.34. The van der Waals surface area contributed by atoms with Gasteiger partial charge < -0.3 is 9.84 Å². The van der Waals surface area contributed by atoms with E-state index >= 15 is 0 Å². The first-order valence-electron chi connectivity index (χ1n) is 10.2. The van der Waals surface area contributed by atoms with Crippen LogP contribution in [0.25, 0.3) is 0 Å². The Morgan fingerprint density at radius 1 is 1.26 bits per heavy atom. The number of fused-ring (bicyclic) bond motifs is 1. The molecule has 1 aliphatic rings. The quantitative estimate of drug-likeness (QED) is 0.431. The van der Waals surface area contributed by atoms with Gasteiger partial charge in [0.1, 0.15) is 17.2 Å². The van der Waals surface area contributed by atoms with Gasteiger partial charge in [0.05, 0.1) is 28.5 Å². The highest BCUT2D eigenvalue weighted by atomic mass is 79.9. The Balaban J connectivity index is 1.50. The first-order valence-corrected chi connectivity index (χ1v) is 12.5. The maximum absolute atomic E-state index is 13.0. The van der Waals surface area contributed by atoms with E-state index in [0.717, 1.165) is 30.5 Å². The van der Waals surface area contributed by atoms with Crippen molar-refractivity contribution >= 4 is 31.9 Å². The highest BCUT2D eigenvalue weighted by molar-refractivity contribution is 9.10. The lowest BCUT2D eigenvalue weighted by atomic mass is 9.94. The second-order valence-electron chi connectivity index (χ2n) is 7.75. The number of hydrogen-bond acceptors (Lipinski definition) is 6. The molecule has 2 aromatic heterocycles. The zero-order valence-corrected chi connectivity index (χ0v) is 20.2. The van der Waals surface area contributed by atoms with Crippen LogP contribution >= 0.6 is 15.9 Å². The molecule has 1 aromatic carbocycles. The molecule has 0 saturated carbocycles. The van der Waals surface area contributed by atoms with Crippen molar-refractivity contribution in [2.75, 3.05) is 0 Å². The molecule has 14 heteroatoms. The largest absolute Gasteiger partial charge is 0.480 e. The summed E-state index contributed by atoms with van der Waals surface area (Å²) in [6, 6.07) is 4.68. The predicted molar refractivity (Wildman–Crippen MR) is 119 cm³/mol. The molecule has 35 heavy (non-hydrogen) atoms. The maximum Gasteiger partial charge on any atom is 0.416 e. The van der Waals surface area contributed by atoms with Crippen molar-refractivity contribution in [1.29, 1.82) is 0 Å². The van der Waals surface area contributed by atoms with Gasteiger partial charge in [-0.05, 0) is 65.5 Å². The minimum Gasteiger partial charge on any atom is -0.480 e. The van der Waals surface area contributed by atoms with E-state index in [1.807, 2.05) is 0 Å². The number of nitrogens with zero attached hydrogens (tertiary/aromatic N) is 3. The van der Waals surface area contributed by atoms with Gasteiger partial charge in [0.2, 0.25) is 15.9 Å². The normalized spacial score (nSPS) is 16.1. The highest BCUT2D eigenvalue weighted by Crippen LogP contribution is 2.34. The van der Waals surface area contributed by atoms with Crippen LogP contribution in [0.1, 0.15) is 35.7 Å². The zero-order valence-electron chi connectivity index (χ0n) is 17.8. The number of halogens is 4. The van der Waals surface area contributed by atoms with Crippen LogP contribution in [0.3, 0.4) is 0 Å². The second kappa shape index (κ2) is 9.59. The zero-order chi connectivity index (χ0) is 25.4. The molecule has 2 N–H and O–H groups in total. The molecule has 4 rings (SSSR count). The Labute approximate surface area is 206 Å². The van der Waals surface area contributed by atoms with Crippen LogP contribution in [-0.4, -0.2) is 34.3 Å². The Morgan fingerprint density at radius 2 is 1.97 bits per heavy atom. The molecule has 2 heterocycles. The molecule has 0 saturated heterocycles. The monoisotopic (exact) mass is 574 g/mol. The smallest absolute Gasteiger partial charge is 0.416 e. The molecule has 1 atom stereocenters. The summed E-state index contributed by atoms with van der Waals surface area (Å²) in [6.45, 7) is -0.313. The number of ether oxygens (including phenoxy) is 1. The van der Waals surface area contributed by atoms with Crippen LogP contribution < -0.4 is 9.46 Å². The lowest BCUT2D eigenvalue weighted by molar-refractivity contribution is -0.138. The number of carboxylic acids is 1. The average molecular weight is 575 g/mol. The summed E-state index contributed by atoms with van der Waals surface area (Å²) >= 11 is 3.19. The molecule has 0 bridgehead atoms. The minimum absolute atomic E-state index is 0.0291. The topological polar surface area (TPSA) is 123 Å². The number of aliphatic carboxylic acids is 1. The summed E-state index contributed by atoms with van der Waals surface area (Å²) in [7, 11) is -4.03. The van der Waals surface area contributed by atoms with E-state index in [2.05, 4.69) is 30.7 Å². The molecule has 0 radical (unpaired) electrons. The van der Waals surface area contributed by atoms with Crippen LogP contribution in [0.5, 0.6) is 11.6 Å².